The topological polar surface area (TPSA) is 74.7 Å². The molecule has 0 atom stereocenters. The Morgan fingerprint density at radius 2 is 1.94 bits per heavy atom. The van der Waals surface area contributed by atoms with E-state index in [1.54, 1.807) is 6.92 Å². The van der Waals surface area contributed by atoms with Crippen LogP contribution >= 0.6 is 0 Å². The van der Waals surface area contributed by atoms with Gasteiger partial charge in [0.2, 0.25) is 10.0 Å². The number of rotatable bonds is 8. The standard InChI is InChI=1S/C10H21NO4S/c1-4-11(7-5-10(12)13)16(14,15)8-6-9(2)3/h9H,4-8H2,1-3H3,(H,12,13). The summed E-state index contributed by atoms with van der Waals surface area (Å²) in [5, 5.41) is 8.52. The summed E-state index contributed by atoms with van der Waals surface area (Å²) in [6, 6.07) is 0. The number of carbonyl (C=O) groups is 1. The van der Waals surface area contributed by atoms with Crippen molar-refractivity contribution >= 4 is 16.0 Å². The number of aliphatic carboxylic acids is 1. The summed E-state index contributed by atoms with van der Waals surface area (Å²) < 4.78 is 24.9. The number of hydrogen-bond acceptors (Lipinski definition) is 3. The van der Waals surface area contributed by atoms with Crippen LogP contribution in [0.5, 0.6) is 0 Å². The van der Waals surface area contributed by atoms with E-state index in [-0.39, 0.29) is 18.7 Å². The van der Waals surface area contributed by atoms with E-state index in [0.717, 1.165) is 0 Å². The van der Waals surface area contributed by atoms with Gasteiger partial charge in [0.25, 0.3) is 0 Å². The lowest BCUT2D eigenvalue weighted by molar-refractivity contribution is -0.137. The minimum absolute atomic E-state index is 0.0618. The molecule has 5 nitrogen and oxygen atoms in total. The van der Waals surface area contributed by atoms with Crippen LogP contribution in [0.15, 0.2) is 0 Å². The van der Waals surface area contributed by atoms with Gasteiger partial charge in [0.15, 0.2) is 0 Å². The lowest BCUT2D eigenvalue weighted by atomic mass is 10.2. The third-order valence-electron chi connectivity index (χ3n) is 2.27. The molecule has 0 heterocycles. The first-order valence-corrected chi connectivity index (χ1v) is 7.10. The highest BCUT2D eigenvalue weighted by Gasteiger charge is 2.20. The van der Waals surface area contributed by atoms with Crippen molar-refractivity contribution in [3.05, 3.63) is 0 Å². The fourth-order valence-electron chi connectivity index (χ4n) is 1.23. The van der Waals surface area contributed by atoms with Crippen LogP contribution in [0.4, 0.5) is 0 Å². The van der Waals surface area contributed by atoms with Crippen molar-refractivity contribution < 1.29 is 18.3 Å². The zero-order valence-electron chi connectivity index (χ0n) is 10.1. The quantitative estimate of drug-likeness (QED) is 0.702. The van der Waals surface area contributed by atoms with Crippen molar-refractivity contribution in [2.45, 2.75) is 33.6 Å². The Bertz CT molecular complexity index is 311. The minimum Gasteiger partial charge on any atom is -0.481 e. The number of carboxylic acids is 1. The zero-order chi connectivity index (χ0) is 12.8. The number of sulfonamides is 1. The van der Waals surface area contributed by atoms with Gasteiger partial charge in [-0.25, -0.2) is 12.7 Å². The molecule has 0 spiro atoms. The van der Waals surface area contributed by atoms with Gasteiger partial charge in [0.05, 0.1) is 12.2 Å². The molecule has 0 rings (SSSR count). The van der Waals surface area contributed by atoms with Crippen LogP contribution in [0.2, 0.25) is 0 Å². The van der Waals surface area contributed by atoms with Crippen molar-refractivity contribution in [2.24, 2.45) is 5.92 Å². The monoisotopic (exact) mass is 251 g/mol. The van der Waals surface area contributed by atoms with Gasteiger partial charge in [-0.3, -0.25) is 4.79 Å². The lowest BCUT2D eigenvalue weighted by Gasteiger charge is -2.20. The van der Waals surface area contributed by atoms with Crippen molar-refractivity contribution in [2.75, 3.05) is 18.8 Å². The van der Waals surface area contributed by atoms with Crippen LogP contribution in [0.1, 0.15) is 33.6 Å². The van der Waals surface area contributed by atoms with Crippen LogP contribution < -0.4 is 0 Å². The average Bonchev–Trinajstić information content (AvgIpc) is 2.15. The Kier molecular flexibility index (Phi) is 6.59. The van der Waals surface area contributed by atoms with Gasteiger partial charge >= 0.3 is 5.97 Å². The molecule has 96 valence electrons. The molecule has 0 fully saturated rings. The van der Waals surface area contributed by atoms with Crippen LogP contribution in [0, 0.1) is 5.92 Å². The van der Waals surface area contributed by atoms with Gasteiger partial charge in [-0.05, 0) is 12.3 Å². The number of nitrogens with zero attached hydrogens (tertiary/aromatic N) is 1. The molecule has 0 aromatic carbocycles. The zero-order valence-corrected chi connectivity index (χ0v) is 11.0. The fourth-order valence-corrected chi connectivity index (χ4v) is 3.02. The smallest absolute Gasteiger partial charge is 0.304 e. The van der Waals surface area contributed by atoms with Gasteiger partial charge in [-0.1, -0.05) is 20.8 Å². The minimum atomic E-state index is -3.29. The summed E-state index contributed by atoms with van der Waals surface area (Å²) in [5.74, 6) is -0.552. The lowest BCUT2D eigenvalue weighted by Crippen LogP contribution is -2.35. The van der Waals surface area contributed by atoms with Gasteiger partial charge in [0, 0.05) is 13.1 Å². The Labute approximate surface area is 97.5 Å². The van der Waals surface area contributed by atoms with Crippen molar-refractivity contribution in [1.82, 2.24) is 4.31 Å². The Morgan fingerprint density at radius 3 is 2.31 bits per heavy atom. The van der Waals surface area contributed by atoms with E-state index in [4.69, 9.17) is 5.11 Å². The molecule has 0 aliphatic rings. The summed E-state index contributed by atoms with van der Waals surface area (Å²) in [4.78, 5) is 10.4. The Hall–Kier alpha value is -0.620. The first-order valence-electron chi connectivity index (χ1n) is 5.49. The maximum absolute atomic E-state index is 11.8. The predicted octanol–water partition coefficient (Wildman–Crippen LogP) is 1.16. The van der Waals surface area contributed by atoms with Gasteiger partial charge in [0.1, 0.15) is 0 Å². The Balaban J connectivity index is 4.37. The molecular weight excluding hydrogens is 230 g/mol. The van der Waals surface area contributed by atoms with Crippen LogP contribution in [-0.4, -0.2) is 42.6 Å². The van der Waals surface area contributed by atoms with Crippen molar-refractivity contribution in [1.29, 1.82) is 0 Å². The normalized spacial score (nSPS) is 12.3. The van der Waals surface area contributed by atoms with Crippen LogP contribution in [0.25, 0.3) is 0 Å². The second kappa shape index (κ2) is 6.85. The Morgan fingerprint density at radius 1 is 1.38 bits per heavy atom. The third-order valence-corrected chi connectivity index (χ3v) is 4.25. The molecule has 0 bridgehead atoms. The summed E-state index contributed by atoms with van der Waals surface area (Å²) in [6.45, 7) is 6.03. The van der Waals surface area contributed by atoms with Crippen molar-refractivity contribution in [3.8, 4) is 0 Å². The number of hydrogen-bond donors (Lipinski definition) is 1. The highest BCUT2D eigenvalue weighted by Crippen LogP contribution is 2.08. The van der Waals surface area contributed by atoms with E-state index >= 15 is 0 Å². The highest BCUT2D eigenvalue weighted by atomic mass is 32.2. The summed E-state index contributed by atoms with van der Waals surface area (Å²) in [6.07, 6.45) is 0.459. The molecule has 1 N–H and O–H groups in total. The van der Waals surface area contributed by atoms with E-state index in [1.165, 1.54) is 4.31 Å². The van der Waals surface area contributed by atoms with E-state index in [0.29, 0.717) is 18.9 Å². The maximum Gasteiger partial charge on any atom is 0.304 e. The van der Waals surface area contributed by atoms with E-state index in [2.05, 4.69) is 0 Å². The van der Waals surface area contributed by atoms with E-state index in [9.17, 15) is 13.2 Å². The molecule has 0 aliphatic carbocycles. The van der Waals surface area contributed by atoms with E-state index in [1.807, 2.05) is 13.8 Å². The van der Waals surface area contributed by atoms with Crippen LogP contribution in [0.3, 0.4) is 0 Å². The van der Waals surface area contributed by atoms with Gasteiger partial charge in [-0.15, -0.1) is 0 Å². The molecule has 0 aromatic heterocycles. The van der Waals surface area contributed by atoms with Gasteiger partial charge < -0.3 is 5.11 Å². The molecular formula is C10H21NO4S. The molecule has 0 amide bonds. The molecule has 0 saturated heterocycles. The largest absolute Gasteiger partial charge is 0.481 e. The molecule has 6 heteroatoms. The maximum atomic E-state index is 11.8. The second-order valence-electron chi connectivity index (χ2n) is 4.13. The first-order chi connectivity index (χ1) is 7.29. The highest BCUT2D eigenvalue weighted by molar-refractivity contribution is 7.89. The molecule has 0 saturated carbocycles. The summed E-state index contributed by atoms with van der Waals surface area (Å²) >= 11 is 0. The summed E-state index contributed by atoms with van der Waals surface area (Å²) in [7, 11) is -3.29. The van der Waals surface area contributed by atoms with Crippen molar-refractivity contribution in [3.63, 3.8) is 0 Å². The SMILES string of the molecule is CCN(CCC(=O)O)S(=O)(=O)CCC(C)C. The average molecular weight is 251 g/mol. The van der Waals surface area contributed by atoms with Gasteiger partial charge in [-0.2, -0.15) is 0 Å². The summed E-state index contributed by atoms with van der Waals surface area (Å²) in [5.41, 5.74) is 0. The number of carboxylic acid groups (broad SMARTS) is 1. The molecule has 16 heavy (non-hydrogen) atoms. The van der Waals surface area contributed by atoms with Crippen LogP contribution in [-0.2, 0) is 14.8 Å². The first kappa shape index (κ1) is 15.4. The molecule has 0 radical (unpaired) electrons. The third kappa shape index (κ3) is 6.07. The molecule has 0 aliphatic heterocycles. The predicted molar refractivity (Wildman–Crippen MR) is 62.7 cm³/mol. The molecule has 0 aromatic rings. The fraction of sp³-hybridized carbons (Fsp3) is 0.900. The second-order valence-corrected chi connectivity index (χ2v) is 6.22. The molecule has 0 unspecified atom stereocenters. The van der Waals surface area contributed by atoms with E-state index < -0.39 is 16.0 Å².